The number of quaternary nitrogens is 1. The predicted octanol–water partition coefficient (Wildman–Crippen LogP) is 3.52. The number of fused-ring (bicyclic) bond motifs is 1. The lowest BCUT2D eigenvalue weighted by atomic mass is 9.99. The minimum Gasteiger partial charge on any atom is -0.172 e. The molecule has 0 aliphatic carbocycles. The fraction of sp³-hybridized carbons (Fsp3) is 0.286. The van der Waals surface area contributed by atoms with Crippen molar-refractivity contribution in [1.29, 1.82) is 0 Å². The SMILES string of the molecule is CC(C)c1ccc2cc(N[N+](C)(O)O)ccc2c1. The molecule has 0 spiro atoms. The fourth-order valence-electron chi connectivity index (χ4n) is 1.94. The van der Waals surface area contributed by atoms with E-state index in [9.17, 15) is 10.4 Å². The third kappa shape index (κ3) is 2.98. The minimum absolute atomic E-state index is 0.502. The Labute approximate surface area is 107 Å². The van der Waals surface area contributed by atoms with Crippen LogP contribution in [0.2, 0.25) is 0 Å². The summed E-state index contributed by atoms with van der Waals surface area (Å²) in [5, 5.41) is 20.7. The molecule has 0 bridgehead atoms. The lowest BCUT2D eigenvalue weighted by molar-refractivity contribution is -1.22. The van der Waals surface area contributed by atoms with Crippen LogP contribution in [-0.4, -0.2) is 22.4 Å². The van der Waals surface area contributed by atoms with Gasteiger partial charge in [-0.15, -0.1) is 0 Å². The molecule has 3 N–H and O–H groups in total. The Kier molecular flexibility index (Phi) is 3.26. The maximum Gasteiger partial charge on any atom is 0.158 e. The Morgan fingerprint density at radius 2 is 1.61 bits per heavy atom. The first-order valence-corrected chi connectivity index (χ1v) is 5.99. The van der Waals surface area contributed by atoms with E-state index < -0.39 is 4.92 Å². The van der Waals surface area contributed by atoms with Crippen LogP contribution < -0.4 is 5.43 Å². The van der Waals surface area contributed by atoms with E-state index in [0.29, 0.717) is 11.6 Å². The summed E-state index contributed by atoms with van der Waals surface area (Å²) in [6.07, 6.45) is 0. The number of nitrogens with zero attached hydrogens (tertiary/aromatic N) is 1. The zero-order valence-corrected chi connectivity index (χ0v) is 10.9. The highest BCUT2D eigenvalue weighted by Gasteiger charge is 2.13. The number of hydroxylamine groups is 2. The van der Waals surface area contributed by atoms with Crippen LogP contribution in [-0.2, 0) is 0 Å². The van der Waals surface area contributed by atoms with Gasteiger partial charge in [0.25, 0.3) is 0 Å². The summed E-state index contributed by atoms with van der Waals surface area (Å²) in [4.78, 5) is -1.28. The molecule has 0 amide bonds. The molecule has 0 atom stereocenters. The maximum atomic E-state index is 9.24. The third-order valence-electron chi connectivity index (χ3n) is 2.87. The molecule has 0 saturated carbocycles. The first-order valence-electron chi connectivity index (χ1n) is 5.99. The lowest BCUT2D eigenvalue weighted by Crippen LogP contribution is -2.42. The van der Waals surface area contributed by atoms with E-state index in [1.54, 1.807) is 0 Å². The van der Waals surface area contributed by atoms with E-state index in [0.717, 1.165) is 10.8 Å². The molecular formula is C14H19N2O2+. The molecule has 0 fully saturated rings. The number of rotatable bonds is 3. The largest absolute Gasteiger partial charge is 0.172 e. The van der Waals surface area contributed by atoms with Crippen LogP contribution in [0, 0.1) is 0 Å². The molecule has 2 rings (SSSR count). The summed E-state index contributed by atoms with van der Waals surface area (Å²) < 4.78 is 0. The molecule has 0 aliphatic rings. The monoisotopic (exact) mass is 247 g/mol. The molecule has 0 heterocycles. The Morgan fingerprint density at radius 1 is 1.00 bits per heavy atom. The zero-order chi connectivity index (χ0) is 13.3. The molecule has 0 aromatic heterocycles. The molecule has 2 aromatic carbocycles. The van der Waals surface area contributed by atoms with Crippen molar-refractivity contribution in [2.24, 2.45) is 0 Å². The number of hydrogen-bond acceptors (Lipinski definition) is 3. The van der Waals surface area contributed by atoms with Gasteiger partial charge in [0.2, 0.25) is 0 Å². The first-order chi connectivity index (χ1) is 8.35. The van der Waals surface area contributed by atoms with Crippen molar-refractivity contribution < 1.29 is 15.3 Å². The second-order valence-electron chi connectivity index (χ2n) is 5.00. The van der Waals surface area contributed by atoms with Gasteiger partial charge in [0, 0.05) is 4.92 Å². The van der Waals surface area contributed by atoms with Crippen LogP contribution in [0.25, 0.3) is 10.8 Å². The third-order valence-corrected chi connectivity index (χ3v) is 2.87. The van der Waals surface area contributed by atoms with E-state index >= 15 is 0 Å². The van der Waals surface area contributed by atoms with Gasteiger partial charge in [-0.05, 0) is 34.4 Å². The quantitative estimate of drug-likeness (QED) is 0.574. The summed E-state index contributed by atoms with van der Waals surface area (Å²) in [6.45, 7) is 4.33. The van der Waals surface area contributed by atoms with Crippen LogP contribution in [0.4, 0.5) is 5.69 Å². The Balaban J connectivity index is 2.38. The van der Waals surface area contributed by atoms with Crippen molar-refractivity contribution in [2.75, 3.05) is 12.5 Å². The molecule has 4 nitrogen and oxygen atoms in total. The number of anilines is 1. The van der Waals surface area contributed by atoms with E-state index in [4.69, 9.17) is 0 Å². The Bertz CT molecular complexity index is 559. The molecule has 96 valence electrons. The lowest BCUT2D eigenvalue weighted by Gasteiger charge is -2.17. The second-order valence-corrected chi connectivity index (χ2v) is 5.00. The van der Waals surface area contributed by atoms with Crippen molar-refractivity contribution in [2.45, 2.75) is 19.8 Å². The predicted molar refractivity (Wildman–Crippen MR) is 71.4 cm³/mol. The smallest absolute Gasteiger partial charge is 0.158 e. The first kappa shape index (κ1) is 12.8. The highest BCUT2D eigenvalue weighted by Crippen LogP contribution is 2.24. The summed E-state index contributed by atoms with van der Waals surface area (Å²) in [6, 6.07) is 12.0. The number of hydrogen-bond donors (Lipinski definition) is 3. The molecule has 0 unspecified atom stereocenters. The van der Waals surface area contributed by atoms with Gasteiger partial charge in [-0.1, -0.05) is 38.1 Å². The van der Waals surface area contributed by atoms with Gasteiger partial charge in [-0.25, -0.2) is 0 Å². The minimum atomic E-state index is -1.28. The molecule has 18 heavy (non-hydrogen) atoms. The molecular weight excluding hydrogens is 228 g/mol. The van der Waals surface area contributed by atoms with Gasteiger partial charge in [-0.2, -0.15) is 15.8 Å². The van der Waals surface area contributed by atoms with Crippen molar-refractivity contribution in [3.8, 4) is 0 Å². The van der Waals surface area contributed by atoms with Crippen molar-refractivity contribution in [3.05, 3.63) is 42.0 Å². The summed E-state index contributed by atoms with van der Waals surface area (Å²) in [7, 11) is 1.23. The Hall–Kier alpha value is -1.62. The molecule has 0 aliphatic heterocycles. The van der Waals surface area contributed by atoms with Gasteiger partial charge in [0.05, 0.1) is 5.69 Å². The van der Waals surface area contributed by atoms with Crippen molar-refractivity contribution in [3.63, 3.8) is 0 Å². The van der Waals surface area contributed by atoms with E-state index in [1.165, 1.54) is 12.6 Å². The van der Waals surface area contributed by atoms with E-state index in [-0.39, 0.29) is 0 Å². The highest BCUT2D eigenvalue weighted by atomic mass is 16.9. The van der Waals surface area contributed by atoms with Crippen LogP contribution in [0.3, 0.4) is 0 Å². The van der Waals surface area contributed by atoms with Gasteiger partial charge < -0.3 is 0 Å². The molecule has 0 radical (unpaired) electrons. The zero-order valence-electron chi connectivity index (χ0n) is 10.9. The standard InChI is InChI=1S/C14H19N2O2/c1-10(2)11-4-5-13-9-14(15-16(3,17)18)7-6-12(13)8-11/h4-10,15,17-18H,1-3H3/q+1. The van der Waals surface area contributed by atoms with Crippen LogP contribution in [0.5, 0.6) is 0 Å². The summed E-state index contributed by atoms with van der Waals surface area (Å²) in [5.74, 6) is 0.502. The van der Waals surface area contributed by atoms with E-state index in [2.05, 4.69) is 37.5 Å². The number of nitrogens with one attached hydrogen (secondary N) is 1. The summed E-state index contributed by atoms with van der Waals surface area (Å²) in [5.41, 5.74) is 4.52. The second kappa shape index (κ2) is 4.57. The van der Waals surface area contributed by atoms with Gasteiger partial charge >= 0.3 is 0 Å². The van der Waals surface area contributed by atoms with Gasteiger partial charge in [-0.3, -0.25) is 0 Å². The molecule has 0 saturated heterocycles. The normalized spacial score (nSPS) is 12.1. The van der Waals surface area contributed by atoms with Crippen LogP contribution >= 0.6 is 0 Å². The van der Waals surface area contributed by atoms with Gasteiger partial charge in [0.1, 0.15) is 0 Å². The average molecular weight is 247 g/mol. The van der Waals surface area contributed by atoms with Crippen LogP contribution in [0.1, 0.15) is 25.3 Å². The fourth-order valence-corrected chi connectivity index (χ4v) is 1.94. The summed E-state index contributed by atoms with van der Waals surface area (Å²) >= 11 is 0. The Morgan fingerprint density at radius 3 is 2.22 bits per heavy atom. The van der Waals surface area contributed by atoms with Crippen LogP contribution in [0.15, 0.2) is 36.4 Å². The topological polar surface area (TPSA) is 52.5 Å². The average Bonchev–Trinajstić information content (AvgIpc) is 2.26. The maximum absolute atomic E-state index is 9.24. The van der Waals surface area contributed by atoms with Crippen molar-refractivity contribution >= 4 is 16.5 Å². The molecule has 4 heteroatoms. The highest BCUT2D eigenvalue weighted by molar-refractivity contribution is 5.86. The van der Waals surface area contributed by atoms with Crippen molar-refractivity contribution in [1.82, 2.24) is 0 Å². The molecule has 2 aromatic rings. The van der Waals surface area contributed by atoms with Gasteiger partial charge in [0.15, 0.2) is 7.05 Å². The number of benzene rings is 2. The van der Waals surface area contributed by atoms with E-state index in [1.807, 2.05) is 18.2 Å².